The standard InChI is InChI=1S/C17H22N2O2S/c1-13(11-16-3-2-10-22-16)17(21)19-12-15(6-9-20)14-4-7-18-8-5-14/h2-5,7-8,10,13,15,20H,6,9,11-12H2,1H3,(H,19,21). The third kappa shape index (κ3) is 4.93. The number of hydrogen-bond acceptors (Lipinski definition) is 4. The molecule has 22 heavy (non-hydrogen) atoms. The van der Waals surface area contributed by atoms with Gasteiger partial charge in [0, 0.05) is 42.3 Å². The van der Waals surface area contributed by atoms with Gasteiger partial charge in [-0.1, -0.05) is 13.0 Å². The Kier molecular flexibility index (Phi) is 6.55. The molecule has 2 aromatic heterocycles. The summed E-state index contributed by atoms with van der Waals surface area (Å²) in [4.78, 5) is 17.5. The summed E-state index contributed by atoms with van der Waals surface area (Å²) >= 11 is 1.68. The molecule has 0 fully saturated rings. The summed E-state index contributed by atoms with van der Waals surface area (Å²) in [5, 5.41) is 14.3. The van der Waals surface area contributed by atoms with Crippen molar-refractivity contribution in [3.63, 3.8) is 0 Å². The third-order valence-corrected chi connectivity index (χ3v) is 4.61. The first-order valence-corrected chi connectivity index (χ1v) is 8.39. The van der Waals surface area contributed by atoms with Gasteiger partial charge in [0.1, 0.15) is 0 Å². The topological polar surface area (TPSA) is 62.2 Å². The van der Waals surface area contributed by atoms with E-state index in [0.29, 0.717) is 13.0 Å². The molecule has 0 saturated carbocycles. The molecule has 0 spiro atoms. The molecule has 118 valence electrons. The maximum atomic E-state index is 12.2. The number of pyridine rings is 1. The Bertz CT molecular complexity index is 557. The highest BCUT2D eigenvalue weighted by Gasteiger charge is 2.17. The molecule has 0 aromatic carbocycles. The molecule has 2 N–H and O–H groups in total. The van der Waals surface area contributed by atoms with E-state index in [-0.39, 0.29) is 24.3 Å². The van der Waals surface area contributed by atoms with Crippen molar-refractivity contribution in [3.05, 3.63) is 52.5 Å². The molecule has 2 aromatic rings. The van der Waals surface area contributed by atoms with Gasteiger partial charge in [0.15, 0.2) is 0 Å². The number of carbonyl (C=O) groups is 1. The van der Waals surface area contributed by atoms with E-state index in [4.69, 9.17) is 0 Å². The summed E-state index contributed by atoms with van der Waals surface area (Å²) in [7, 11) is 0. The molecule has 4 nitrogen and oxygen atoms in total. The number of amides is 1. The van der Waals surface area contributed by atoms with Crippen molar-refractivity contribution < 1.29 is 9.90 Å². The number of carbonyl (C=O) groups excluding carboxylic acids is 1. The number of nitrogens with zero attached hydrogens (tertiary/aromatic N) is 1. The highest BCUT2D eigenvalue weighted by molar-refractivity contribution is 7.09. The molecule has 2 atom stereocenters. The quantitative estimate of drug-likeness (QED) is 0.786. The lowest BCUT2D eigenvalue weighted by atomic mass is 9.96. The maximum Gasteiger partial charge on any atom is 0.223 e. The van der Waals surface area contributed by atoms with Gasteiger partial charge in [0.2, 0.25) is 5.91 Å². The molecule has 0 bridgehead atoms. The number of aliphatic hydroxyl groups excluding tert-OH is 1. The van der Waals surface area contributed by atoms with Crippen LogP contribution in [0.4, 0.5) is 0 Å². The number of aromatic nitrogens is 1. The summed E-state index contributed by atoms with van der Waals surface area (Å²) < 4.78 is 0. The van der Waals surface area contributed by atoms with Gasteiger partial charge in [-0.15, -0.1) is 11.3 Å². The average molecular weight is 318 g/mol. The van der Waals surface area contributed by atoms with Crippen molar-refractivity contribution >= 4 is 17.2 Å². The van der Waals surface area contributed by atoms with E-state index in [1.54, 1.807) is 23.7 Å². The molecule has 0 radical (unpaired) electrons. The van der Waals surface area contributed by atoms with Gasteiger partial charge in [0.05, 0.1) is 0 Å². The minimum atomic E-state index is -0.0501. The second-order valence-electron chi connectivity index (χ2n) is 5.42. The Labute approximate surface area is 135 Å². The van der Waals surface area contributed by atoms with Crippen LogP contribution in [0.15, 0.2) is 42.0 Å². The van der Waals surface area contributed by atoms with Crippen LogP contribution in [0.25, 0.3) is 0 Å². The van der Waals surface area contributed by atoms with Crippen LogP contribution in [0, 0.1) is 5.92 Å². The number of hydrogen-bond donors (Lipinski definition) is 2. The lowest BCUT2D eigenvalue weighted by molar-refractivity contribution is -0.124. The van der Waals surface area contributed by atoms with E-state index in [1.165, 1.54) is 4.88 Å². The fraction of sp³-hybridized carbons (Fsp3) is 0.412. The zero-order chi connectivity index (χ0) is 15.8. The average Bonchev–Trinajstić information content (AvgIpc) is 3.04. The summed E-state index contributed by atoms with van der Waals surface area (Å²) in [5.41, 5.74) is 1.09. The smallest absolute Gasteiger partial charge is 0.223 e. The van der Waals surface area contributed by atoms with Gasteiger partial charge in [0.25, 0.3) is 0 Å². The Balaban J connectivity index is 1.87. The first-order chi connectivity index (χ1) is 10.7. The van der Waals surface area contributed by atoms with Crippen LogP contribution in [0.1, 0.15) is 29.7 Å². The molecule has 2 unspecified atom stereocenters. The van der Waals surface area contributed by atoms with Gasteiger partial charge in [-0.25, -0.2) is 0 Å². The summed E-state index contributed by atoms with van der Waals surface area (Å²) in [6.45, 7) is 2.59. The molecule has 0 aliphatic rings. The highest BCUT2D eigenvalue weighted by Crippen LogP contribution is 2.18. The van der Waals surface area contributed by atoms with Crippen LogP contribution in [-0.2, 0) is 11.2 Å². The van der Waals surface area contributed by atoms with Gasteiger partial charge in [-0.2, -0.15) is 0 Å². The number of thiophene rings is 1. The zero-order valence-electron chi connectivity index (χ0n) is 12.7. The predicted octanol–water partition coefficient (Wildman–Crippen LogP) is 2.60. The van der Waals surface area contributed by atoms with E-state index in [1.807, 2.05) is 30.5 Å². The normalized spacial score (nSPS) is 13.5. The summed E-state index contributed by atoms with van der Waals surface area (Å²) in [6.07, 6.45) is 4.87. The highest BCUT2D eigenvalue weighted by atomic mass is 32.1. The number of aliphatic hydroxyl groups is 1. The van der Waals surface area contributed by atoms with Crippen LogP contribution < -0.4 is 5.32 Å². The Hall–Kier alpha value is -1.72. The van der Waals surface area contributed by atoms with Crippen molar-refractivity contribution in [2.45, 2.75) is 25.7 Å². The van der Waals surface area contributed by atoms with E-state index in [9.17, 15) is 9.90 Å². The third-order valence-electron chi connectivity index (χ3n) is 3.71. The molecule has 2 heterocycles. The fourth-order valence-electron chi connectivity index (χ4n) is 2.40. The Morgan fingerprint density at radius 2 is 2.14 bits per heavy atom. The number of rotatable bonds is 8. The van der Waals surface area contributed by atoms with Crippen LogP contribution >= 0.6 is 11.3 Å². The van der Waals surface area contributed by atoms with Crippen LogP contribution in [0.5, 0.6) is 0 Å². The fourth-order valence-corrected chi connectivity index (χ4v) is 3.23. The molecule has 5 heteroatoms. The summed E-state index contributed by atoms with van der Waals surface area (Å²) in [5.74, 6) is 0.127. The first-order valence-electron chi connectivity index (χ1n) is 7.51. The molecule has 0 aliphatic carbocycles. The monoisotopic (exact) mass is 318 g/mol. The molecule has 0 saturated heterocycles. The Morgan fingerprint density at radius 3 is 2.77 bits per heavy atom. The van der Waals surface area contributed by atoms with Crippen LogP contribution in [0.3, 0.4) is 0 Å². The van der Waals surface area contributed by atoms with E-state index in [2.05, 4.69) is 16.4 Å². The minimum Gasteiger partial charge on any atom is -0.396 e. The lowest BCUT2D eigenvalue weighted by Crippen LogP contribution is -2.33. The number of nitrogens with one attached hydrogen (secondary N) is 1. The predicted molar refractivity (Wildman–Crippen MR) is 88.9 cm³/mol. The second-order valence-corrected chi connectivity index (χ2v) is 6.45. The maximum absolute atomic E-state index is 12.2. The second kappa shape index (κ2) is 8.66. The van der Waals surface area contributed by atoms with Gasteiger partial charge in [-0.3, -0.25) is 9.78 Å². The Morgan fingerprint density at radius 1 is 1.36 bits per heavy atom. The van der Waals surface area contributed by atoms with E-state index < -0.39 is 0 Å². The van der Waals surface area contributed by atoms with E-state index >= 15 is 0 Å². The summed E-state index contributed by atoms with van der Waals surface area (Å²) in [6, 6.07) is 7.93. The minimum absolute atomic E-state index is 0.0501. The molecule has 2 rings (SSSR count). The van der Waals surface area contributed by atoms with Crippen molar-refractivity contribution in [2.24, 2.45) is 5.92 Å². The lowest BCUT2D eigenvalue weighted by Gasteiger charge is -2.18. The molecular formula is C17H22N2O2S. The molecule has 0 aliphatic heterocycles. The molecule has 1 amide bonds. The first kappa shape index (κ1) is 16.6. The van der Waals surface area contributed by atoms with Crippen molar-refractivity contribution in [3.8, 4) is 0 Å². The zero-order valence-corrected chi connectivity index (χ0v) is 13.6. The van der Waals surface area contributed by atoms with Gasteiger partial charge in [-0.05, 0) is 42.0 Å². The van der Waals surface area contributed by atoms with Crippen LogP contribution in [-0.4, -0.2) is 29.1 Å². The largest absolute Gasteiger partial charge is 0.396 e. The SMILES string of the molecule is CC(Cc1cccs1)C(=O)NCC(CCO)c1ccncc1. The van der Waals surface area contributed by atoms with Crippen molar-refractivity contribution in [1.82, 2.24) is 10.3 Å². The van der Waals surface area contributed by atoms with Crippen molar-refractivity contribution in [2.75, 3.05) is 13.2 Å². The van der Waals surface area contributed by atoms with Crippen LogP contribution in [0.2, 0.25) is 0 Å². The van der Waals surface area contributed by atoms with Gasteiger partial charge >= 0.3 is 0 Å². The van der Waals surface area contributed by atoms with Crippen molar-refractivity contribution in [1.29, 1.82) is 0 Å². The van der Waals surface area contributed by atoms with E-state index in [0.717, 1.165) is 12.0 Å². The van der Waals surface area contributed by atoms with Gasteiger partial charge < -0.3 is 10.4 Å². The molecular weight excluding hydrogens is 296 g/mol.